The van der Waals surface area contributed by atoms with Gasteiger partial charge < -0.3 is 4.98 Å². The highest BCUT2D eigenvalue weighted by molar-refractivity contribution is 5.55. The Morgan fingerprint density at radius 2 is 1.79 bits per heavy atom. The summed E-state index contributed by atoms with van der Waals surface area (Å²) in [5.41, 5.74) is 0.201. The number of nitrogens with one attached hydrogen (secondary N) is 1. The van der Waals surface area contributed by atoms with Gasteiger partial charge in [0, 0.05) is 24.3 Å². The van der Waals surface area contributed by atoms with Crippen molar-refractivity contribution in [2.24, 2.45) is 0 Å². The molecule has 0 aliphatic heterocycles. The van der Waals surface area contributed by atoms with E-state index in [9.17, 15) is 18.0 Å². The van der Waals surface area contributed by atoms with E-state index in [1.54, 1.807) is 35.0 Å². The monoisotopic (exact) mass is 395 g/mol. The van der Waals surface area contributed by atoms with Gasteiger partial charge in [-0.15, -0.1) is 0 Å². The SMILES string of the molecule is N#Cc1ccc(-n2ccnc2-c2cn(-c3cccc(C(F)(F)F)c3)c(=O)[nH]2)cc1. The summed E-state index contributed by atoms with van der Waals surface area (Å²) in [5.74, 6) is 0.400. The van der Waals surface area contributed by atoms with Crippen LogP contribution in [0.25, 0.3) is 22.9 Å². The van der Waals surface area contributed by atoms with Crippen LogP contribution in [-0.2, 0) is 6.18 Å². The molecule has 2 aromatic heterocycles. The van der Waals surface area contributed by atoms with Gasteiger partial charge in [-0.05, 0) is 42.5 Å². The highest BCUT2D eigenvalue weighted by Crippen LogP contribution is 2.30. The molecule has 0 radical (unpaired) electrons. The Bertz CT molecular complexity index is 1270. The number of halogens is 3. The summed E-state index contributed by atoms with van der Waals surface area (Å²) in [6, 6.07) is 13.3. The molecular weight excluding hydrogens is 383 g/mol. The van der Waals surface area contributed by atoms with E-state index >= 15 is 0 Å². The normalized spacial score (nSPS) is 11.4. The maximum Gasteiger partial charge on any atom is 0.416 e. The summed E-state index contributed by atoms with van der Waals surface area (Å²) >= 11 is 0. The Balaban J connectivity index is 1.76. The van der Waals surface area contributed by atoms with Crippen molar-refractivity contribution in [3.8, 4) is 29.0 Å². The van der Waals surface area contributed by atoms with Crippen LogP contribution in [0.2, 0.25) is 0 Å². The van der Waals surface area contributed by atoms with Crippen molar-refractivity contribution in [1.82, 2.24) is 19.1 Å². The second kappa shape index (κ2) is 6.83. The number of benzene rings is 2. The first kappa shape index (κ1) is 18.3. The minimum atomic E-state index is -4.51. The van der Waals surface area contributed by atoms with Gasteiger partial charge in [0.15, 0.2) is 5.82 Å². The lowest BCUT2D eigenvalue weighted by Gasteiger charge is -2.08. The number of hydrogen-bond donors (Lipinski definition) is 1. The van der Waals surface area contributed by atoms with Crippen LogP contribution in [0.5, 0.6) is 0 Å². The van der Waals surface area contributed by atoms with E-state index in [2.05, 4.69) is 9.97 Å². The molecule has 29 heavy (non-hydrogen) atoms. The summed E-state index contributed by atoms with van der Waals surface area (Å²) in [5, 5.41) is 8.92. The molecule has 4 rings (SSSR count). The zero-order valence-corrected chi connectivity index (χ0v) is 14.7. The third kappa shape index (κ3) is 3.43. The number of rotatable bonds is 3. The molecule has 0 fully saturated rings. The number of nitrogens with zero attached hydrogens (tertiary/aromatic N) is 4. The summed E-state index contributed by atoms with van der Waals surface area (Å²) in [4.78, 5) is 19.3. The largest absolute Gasteiger partial charge is 0.416 e. The minimum absolute atomic E-state index is 0.0869. The minimum Gasteiger partial charge on any atom is -0.303 e. The van der Waals surface area contributed by atoms with Crippen LogP contribution in [0.4, 0.5) is 13.2 Å². The lowest BCUT2D eigenvalue weighted by atomic mass is 10.2. The van der Waals surface area contributed by atoms with Crippen LogP contribution in [-0.4, -0.2) is 19.1 Å². The number of hydrogen-bond acceptors (Lipinski definition) is 3. The molecule has 0 amide bonds. The van der Waals surface area contributed by atoms with Crippen molar-refractivity contribution < 1.29 is 13.2 Å². The number of imidazole rings is 2. The molecule has 2 heterocycles. The molecule has 1 N–H and O–H groups in total. The van der Waals surface area contributed by atoms with Gasteiger partial charge in [0.05, 0.1) is 22.9 Å². The first-order valence-corrected chi connectivity index (χ1v) is 8.40. The number of nitriles is 1. The maximum absolute atomic E-state index is 13.0. The fourth-order valence-corrected chi connectivity index (χ4v) is 2.94. The summed E-state index contributed by atoms with van der Waals surface area (Å²) < 4.78 is 41.7. The summed E-state index contributed by atoms with van der Waals surface area (Å²) in [6.07, 6.45) is 0.106. The zero-order valence-electron chi connectivity index (χ0n) is 14.7. The van der Waals surface area contributed by atoms with Crippen LogP contribution in [0.15, 0.2) is 71.9 Å². The fraction of sp³-hybridized carbons (Fsp3) is 0.0500. The lowest BCUT2D eigenvalue weighted by molar-refractivity contribution is -0.137. The Hall–Kier alpha value is -4.06. The number of aromatic nitrogens is 4. The Morgan fingerprint density at radius 3 is 2.48 bits per heavy atom. The predicted octanol–water partition coefficient (Wildman–Crippen LogP) is 3.91. The van der Waals surface area contributed by atoms with E-state index in [4.69, 9.17) is 5.26 Å². The first-order chi connectivity index (χ1) is 13.9. The maximum atomic E-state index is 13.0. The molecule has 4 aromatic rings. The van der Waals surface area contributed by atoms with Crippen molar-refractivity contribution in [3.63, 3.8) is 0 Å². The van der Waals surface area contributed by atoms with Gasteiger partial charge in [-0.2, -0.15) is 18.4 Å². The quantitative estimate of drug-likeness (QED) is 0.571. The molecular formula is C20H12F3N5O. The van der Waals surface area contributed by atoms with Crippen molar-refractivity contribution in [2.75, 3.05) is 0 Å². The van der Waals surface area contributed by atoms with Gasteiger partial charge in [-0.1, -0.05) is 6.07 Å². The summed E-state index contributed by atoms with van der Waals surface area (Å²) in [7, 11) is 0. The molecule has 0 saturated carbocycles. The van der Waals surface area contributed by atoms with E-state index in [0.717, 1.165) is 16.7 Å². The Morgan fingerprint density at radius 1 is 1.03 bits per heavy atom. The first-order valence-electron chi connectivity index (χ1n) is 8.40. The van der Waals surface area contributed by atoms with E-state index in [1.807, 2.05) is 6.07 Å². The van der Waals surface area contributed by atoms with Gasteiger partial charge in [0.1, 0.15) is 5.69 Å². The third-order valence-corrected chi connectivity index (χ3v) is 4.33. The van der Waals surface area contributed by atoms with E-state index in [1.165, 1.54) is 24.5 Å². The molecule has 6 nitrogen and oxygen atoms in total. The van der Waals surface area contributed by atoms with E-state index in [-0.39, 0.29) is 5.69 Å². The average molecular weight is 395 g/mol. The van der Waals surface area contributed by atoms with Crippen molar-refractivity contribution in [2.45, 2.75) is 6.18 Å². The van der Waals surface area contributed by atoms with Gasteiger partial charge >= 0.3 is 11.9 Å². The predicted molar refractivity (Wildman–Crippen MR) is 98.7 cm³/mol. The topological polar surface area (TPSA) is 79.4 Å². The van der Waals surface area contributed by atoms with Crippen LogP contribution >= 0.6 is 0 Å². The third-order valence-electron chi connectivity index (χ3n) is 4.33. The van der Waals surface area contributed by atoms with E-state index < -0.39 is 17.4 Å². The van der Waals surface area contributed by atoms with Crippen LogP contribution in [0.1, 0.15) is 11.1 Å². The Kier molecular flexibility index (Phi) is 4.31. The molecule has 2 aromatic carbocycles. The van der Waals surface area contributed by atoms with E-state index in [0.29, 0.717) is 22.8 Å². The Labute approximate surface area is 162 Å². The smallest absolute Gasteiger partial charge is 0.303 e. The average Bonchev–Trinajstić information content (AvgIpc) is 3.34. The molecule has 0 saturated heterocycles. The lowest BCUT2D eigenvalue weighted by Crippen LogP contribution is -2.15. The molecule has 144 valence electrons. The van der Waals surface area contributed by atoms with Crippen molar-refractivity contribution >= 4 is 0 Å². The van der Waals surface area contributed by atoms with Crippen molar-refractivity contribution in [3.05, 3.63) is 88.7 Å². The fourth-order valence-electron chi connectivity index (χ4n) is 2.94. The molecule has 0 spiro atoms. The highest BCUT2D eigenvalue weighted by Gasteiger charge is 2.30. The number of aromatic amines is 1. The van der Waals surface area contributed by atoms with Gasteiger partial charge in [-0.3, -0.25) is 9.13 Å². The summed E-state index contributed by atoms with van der Waals surface area (Å²) in [6.45, 7) is 0. The van der Waals surface area contributed by atoms with Crippen LogP contribution in [0, 0.1) is 11.3 Å². The molecule has 0 aliphatic rings. The molecule has 0 aliphatic carbocycles. The standard InChI is InChI=1S/C20H12F3N5O/c21-20(22,23)14-2-1-3-16(10-14)28-12-17(26-19(28)29)18-25-8-9-27(18)15-6-4-13(11-24)5-7-15/h1-10,12H,(H,26,29). The van der Waals surface area contributed by atoms with Crippen LogP contribution in [0.3, 0.4) is 0 Å². The molecule has 0 atom stereocenters. The van der Waals surface area contributed by atoms with Crippen LogP contribution < -0.4 is 5.69 Å². The highest BCUT2D eigenvalue weighted by atomic mass is 19.4. The van der Waals surface area contributed by atoms with Gasteiger partial charge in [0.25, 0.3) is 0 Å². The molecule has 0 unspecified atom stereocenters. The second-order valence-electron chi connectivity index (χ2n) is 6.17. The zero-order chi connectivity index (χ0) is 20.6. The van der Waals surface area contributed by atoms with Crippen molar-refractivity contribution in [1.29, 1.82) is 5.26 Å². The number of H-pyrrole nitrogens is 1. The number of alkyl halides is 3. The molecule has 0 bridgehead atoms. The van der Waals surface area contributed by atoms with Gasteiger partial charge in [0.2, 0.25) is 0 Å². The molecule has 9 heteroatoms. The second-order valence-corrected chi connectivity index (χ2v) is 6.17. The van der Waals surface area contributed by atoms with Gasteiger partial charge in [-0.25, -0.2) is 9.78 Å².